The number of hydrazine groups is 1. The lowest BCUT2D eigenvalue weighted by molar-refractivity contribution is 0.178. The summed E-state index contributed by atoms with van der Waals surface area (Å²) in [6.45, 7) is 1.21. The minimum absolute atomic E-state index is 0.278. The summed E-state index contributed by atoms with van der Waals surface area (Å²) < 4.78 is 29.1. The zero-order valence-corrected chi connectivity index (χ0v) is 12.3. The third kappa shape index (κ3) is 6.61. The van der Waals surface area contributed by atoms with Crippen molar-refractivity contribution in [2.75, 3.05) is 37.2 Å². The van der Waals surface area contributed by atoms with Gasteiger partial charge in [0.2, 0.25) is 10.0 Å². The minimum Gasteiger partial charge on any atom is -0.377 e. The number of hydrogen-bond donors (Lipinski definition) is 4. The highest BCUT2D eigenvalue weighted by molar-refractivity contribution is 7.88. The van der Waals surface area contributed by atoms with E-state index in [2.05, 4.69) is 25.4 Å². The molecular formula is C10H20N6O3S. The van der Waals surface area contributed by atoms with Gasteiger partial charge in [0, 0.05) is 26.3 Å². The van der Waals surface area contributed by atoms with E-state index in [0.29, 0.717) is 37.0 Å². The molecule has 9 nitrogen and oxygen atoms in total. The van der Waals surface area contributed by atoms with Crippen LogP contribution in [0.4, 0.5) is 11.6 Å². The molecule has 1 aromatic rings. The largest absolute Gasteiger partial charge is 0.377 e. The number of nitrogens with zero attached hydrogens (tertiary/aromatic N) is 2. The monoisotopic (exact) mass is 304 g/mol. The number of sulfonamides is 1. The van der Waals surface area contributed by atoms with E-state index in [1.54, 1.807) is 13.2 Å². The summed E-state index contributed by atoms with van der Waals surface area (Å²) in [5.41, 5.74) is 2.45. The summed E-state index contributed by atoms with van der Waals surface area (Å²) in [5, 5.41) is 3.07. The first-order chi connectivity index (χ1) is 9.44. The van der Waals surface area contributed by atoms with E-state index in [9.17, 15) is 8.42 Å². The lowest BCUT2D eigenvalue weighted by Crippen LogP contribution is -2.24. The lowest BCUT2D eigenvalue weighted by atomic mass is 10.4. The predicted octanol–water partition coefficient (Wildman–Crippen LogP) is -0.740. The second-order valence-corrected chi connectivity index (χ2v) is 5.91. The molecule has 20 heavy (non-hydrogen) atoms. The number of methoxy groups -OCH3 is 1. The van der Waals surface area contributed by atoms with E-state index in [-0.39, 0.29) is 6.61 Å². The number of aromatic nitrogens is 2. The molecule has 0 aromatic carbocycles. The number of nitrogens with one attached hydrogen (secondary N) is 3. The Balaban J connectivity index is 2.48. The van der Waals surface area contributed by atoms with Crippen LogP contribution in [0.2, 0.25) is 0 Å². The Labute approximate surface area is 118 Å². The van der Waals surface area contributed by atoms with Gasteiger partial charge in [-0.2, -0.15) is 0 Å². The summed E-state index contributed by atoms with van der Waals surface area (Å²) in [5.74, 6) is 6.89. The van der Waals surface area contributed by atoms with E-state index < -0.39 is 10.0 Å². The van der Waals surface area contributed by atoms with Crippen LogP contribution in [0.1, 0.15) is 12.2 Å². The number of hydrogen-bond acceptors (Lipinski definition) is 8. The Hall–Kier alpha value is -1.49. The van der Waals surface area contributed by atoms with E-state index in [4.69, 9.17) is 10.6 Å². The van der Waals surface area contributed by atoms with Gasteiger partial charge >= 0.3 is 0 Å². The smallest absolute Gasteiger partial charge is 0.208 e. The molecule has 1 rings (SSSR count). The van der Waals surface area contributed by atoms with Crippen LogP contribution in [0.15, 0.2) is 6.07 Å². The summed E-state index contributed by atoms with van der Waals surface area (Å²) in [4.78, 5) is 8.35. The highest BCUT2D eigenvalue weighted by Crippen LogP contribution is 2.10. The molecule has 0 atom stereocenters. The van der Waals surface area contributed by atoms with Gasteiger partial charge in [-0.1, -0.05) is 0 Å². The van der Waals surface area contributed by atoms with Crippen LogP contribution in [0.3, 0.4) is 0 Å². The molecule has 0 aliphatic rings. The van der Waals surface area contributed by atoms with Gasteiger partial charge in [0.1, 0.15) is 18.2 Å². The maximum Gasteiger partial charge on any atom is 0.208 e. The lowest BCUT2D eigenvalue weighted by Gasteiger charge is -2.09. The van der Waals surface area contributed by atoms with Crippen LogP contribution in [0, 0.1) is 0 Å². The standard InChI is InChI=1S/C10H20N6O3S/c1-19-7-10-14-8(6-9(15-10)16-11)12-4-3-5-13-20(2,17)18/h6,13H,3-5,7,11H2,1-2H3,(H2,12,14,15,16). The Bertz CT molecular complexity index is 522. The van der Waals surface area contributed by atoms with Crippen molar-refractivity contribution in [1.82, 2.24) is 14.7 Å². The van der Waals surface area contributed by atoms with Crippen LogP contribution in [0.25, 0.3) is 0 Å². The molecule has 10 heteroatoms. The number of rotatable bonds is 9. The highest BCUT2D eigenvalue weighted by Gasteiger charge is 2.04. The molecule has 1 heterocycles. The molecule has 0 bridgehead atoms. The second-order valence-electron chi connectivity index (χ2n) is 4.08. The Morgan fingerprint density at radius 2 is 2.00 bits per heavy atom. The van der Waals surface area contributed by atoms with Gasteiger partial charge in [-0.05, 0) is 6.42 Å². The average Bonchev–Trinajstić information content (AvgIpc) is 2.37. The molecule has 1 aromatic heterocycles. The van der Waals surface area contributed by atoms with Crippen molar-refractivity contribution in [2.24, 2.45) is 5.84 Å². The number of nitrogen functional groups attached to an aromatic ring is 1. The predicted molar refractivity (Wildman–Crippen MR) is 76.5 cm³/mol. The summed E-state index contributed by atoms with van der Waals surface area (Å²) >= 11 is 0. The molecule has 114 valence electrons. The zero-order valence-electron chi connectivity index (χ0n) is 11.5. The average molecular weight is 304 g/mol. The van der Waals surface area contributed by atoms with Gasteiger partial charge in [0.25, 0.3) is 0 Å². The first kappa shape index (κ1) is 16.6. The molecule has 0 aliphatic carbocycles. The quantitative estimate of drug-likeness (QED) is 0.266. The van der Waals surface area contributed by atoms with Crippen molar-refractivity contribution in [3.63, 3.8) is 0 Å². The molecule has 0 saturated carbocycles. The normalized spacial score (nSPS) is 11.3. The van der Waals surface area contributed by atoms with Gasteiger partial charge in [-0.3, -0.25) is 0 Å². The highest BCUT2D eigenvalue weighted by atomic mass is 32.2. The molecule has 0 amide bonds. The van der Waals surface area contributed by atoms with E-state index in [1.165, 1.54) is 0 Å². The molecule has 0 aliphatic heterocycles. The van der Waals surface area contributed by atoms with Crippen LogP contribution in [-0.4, -0.2) is 44.8 Å². The number of anilines is 2. The van der Waals surface area contributed by atoms with Crippen molar-refractivity contribution in [1.29, 1.82) is 0 Å². The SMILES string of the molecule is COCc1nc(NN)cc(NCCCNS(C)(=O)=O)n1. The van der Waals surface area contributed by atoms with Crippen molar-refractivity contribution >= 4 is 21.7 Å². The molecule has 5 N–H and O–H groups in total. The van der Waals surface area contributed by atoms with Crippen LogP contribution in [-0.2, 0) is 21.4 Å². The maximum absolute atomic E-state index is 10.9. The fourth-order valence-electron chi connectivity index (χ4n) is 1.42. The van der Waals surface area contributed by atoms with Crippen molar-refractivity contribution in [2.45, 2.75) is 13.0 Å². The zero-order chi connectivity index (χ0) is 15.0. The van der Waals surface area contributed by atoms with Gasteiger partial charge in [0.05, 0.1) is 6.26 Å². The van der Waals surface area contributed by atoms with E-state index >= 15 is 0 Å². The van der Waals surface area contributed by atoms with Gasteiger partial charge in [-0.15, -0.1) is 0 Å². The van der Waals surface area contributed by atoms with Crippen molar-refractivity contribution < 1.29 is 13.2 Å². The van der Waals surface area contributed by atoms with Crippen molar-refractivity contribution in [3.8, 4) is 0 Å². The molecular weight excluding hydrogens is 284 g/mol. The minimum atomic E-state index is -3.14. The maximum atomic E-state index is 10.9. The molecule has 0 fully saturated rings. The topological polar surface area (TPSA) is 131 Å². The Morgan fingerprint density at radius 3 is 2.60 bits per heavy atom. The molecule has 0 radical (unpaired) electrons. The van der Waals surface area contributed by atoms with Crippen molar-refractivity contribution in [3.05, 3.63) is 11.9 Å². The van der Waals surface area contributed by atoms with Gasteiger partial charge < -0.3 is 15.5 Å². The molecule has 0 saturated heterocycles. The fraction of sp³-hybridized carbons (Fsp3) is 0.600. The van der Waals surface area contributed by atoms with Gasteiger partial charge in [0.15, 0.2) is 5.82 Å². The summed E-state index contributed by atoms with van der Waals surface area (Å²) in [6.07, 6.45) is 1.75. The van der Waals surface area contributed by atoms with Crippen LogP contribution < -0.4 is 21.3 Å². The Kier molecular flexibility index (Phi) is 6.58. The number of ether oxygens (including phenoxy) is 1. The first-order valence-corrected chi connectivity index (χ1v) is 7.86. The first-order valence-electron chi connectivity index (χ1n) is 5.96. The van der Waals surface area contributed by atoms with Gasteiger partial charge in [-0.25, -0.2) is 29.0 Å². The Morgan fingerprint density at radius 1 is 1.30 bits per heavy atom. The fourth-order valence-corrected chi connectivity index (χ4v) is 1.93. The molecule has 0 spiro atoms. The molecule has 0 unspecified atom stereocenters. The van der Waals surface area contributed by atoms with E-state index in [1.807, 2.05) is 0 Å². The second kappa shape index (κ2) is 7.94. The third-order valence-corrected chi connectivity index (χ3v) is 2.95. The summed E-state index contributed by atoms with van der Waals surface area (Å²) in [6, 6.07) is 1.66. The number of nitrogens with two attached hydrogens (primary N) is 1. The third-order valence-electron chi connectivity index (χ3n) is 2.22. The summed E-state index contributed by atoms with van der Waals surface area (Å²) in [7, 11) is -1.59. The van der Waals surface area contributed by atoms with Crippen LogP contribution in [0.5, 0.6) is 0 Å². The van der Waals surface area contributed by atoms with Crippen LogP contribution >= 0.6 is 0 Å². The van der Waals surface area contributed by atoms with E-state index in [0.717, 1.165) is 6.26 Å².